The molecule has 0 aromatic heterocycles. The Morgan fingerprint density at radius 2 is 0.894 bits per heavy atom. The van der Waals surface area contributed by atoms with Gasteiger partial charge in [-0.05, 0) is 64.2 Å². The molecule has 0 saturated heterocycles. The van der Waals surface area contributed by atoms with Crippen LogP contribution in [-0.2, 0) is 28.2 Å². The normalized spacial score (nSPS) is 12.7. The van der Waals surface area contributed by atoms with Crippen LogP contribution >= 0.6 is 7.82 Å². The first-order valence-electron chi connectivity index (χ1n) is 19.1. The van der Waals surface area contributed by atoms with Gasteiger partial charge in [-0.3, -0.25) is 14.1 Å². The Morgan fingerprint density at radius 3 is 1.32 bits per heavy atom. The molecule has 0 saturated carbocycles. The van der Waals surface area contributed by atoms with E-state index in [0.29, 0.717) is 12.8 Å². The van der Waals surface area contributed by atoms with Gasteiger partial charge in [0.2, 0.25) is 0 Å². The Balaban J connectivity index is 3.98. The first kappa shape index (κ1) is 45.5. The van der Waals surface area contributed by atoms with E-state index in [1.807, 2.05) is 0 Å². The topological polar surface area (TPSA) is 119 Å². The van der Waals surface area contributed by atoms with Crippen LogP contribution in [0.1, 0.15) is 187 Å². The second kappa shape index (κ2) is 34.4. The highest BCUT2D eigenvalue weighted by Gasteiger charge is 2.22. The van der Waals surface area contributed by atoms with Gasteiger partial charge in [-0.25, -0.2) is 4.57 Å². The summed E-state index contributed by atoms with van der Waals surface area (Å²) < 4.78 is 26.3. The number of rotatable bonds is 35. The van der Waals surface area contributed by atoms with E-state index in [1.165, 1.54) is 83.5 Å². The van der Waals surface area contributed by atoms with E-state index < -0.39 is 32.5 Å². The lowest BCUT2D eigenvalue weighted by molar-refractivity contribution is -0.161. The highest BCUT2D eigenvalue weighted by molar-refractivity contribution is 7.46. The number of hydrogen-bond acceptors (Lipinski definition) is 6. The second-order valence-corrected chi connectivity index (χ2v) is 14.1. The van der Waals surface area contributed by atoms with Crippen molar-refractivity contribution in [3.8, 4) is 0 Å². The number of hydrogen-bond donors (Lipinski definition) is 2. The van der Waals surface area contributed by atoms with Crippen LogP contribution in [-0.4, -0.2) is 41.0 Å². The van der Waals surface area contributed by atoms with E-state index in [-0.39, 0.29) is 19.4 Å². The lowest BCUT2D eigenvalue weighted by atomic mass is 10.1. The summed E-state index contributed by atoms with van der Waals surface area (Å²) in [6, 6.07) is 0. The number of ether oxygens (including phenoxy) is 2. The second-order valence-electron chi connectivity index (χ2n) is 12.9. The largest absolute Gasteiger partial charge is 0.469 e. The van der Waals surface area contributed by atoms with E-state index in [1.54, 1.807) is 0 Å². The minimum Gasteiger partial charge on any atom is -0.462 e. The van der Waals surface area contributed by atoms with Crippen molar-refractivity contribution in [2.24, 2.45) is 0 Å². The number of phosphoric ester groups is 1. The molecule has 9 heteroatoms. The van der Waals surface area contributed by atoms with Gasteiger partial charge in [-0.15, -0.1) is 0 Å². The number of carbonyl (C=O) groups is 2. The summed E-state index contributed by atoms with van der Waals surface area (Å²) in [6.45, 7) is 3.65. The number of phosphoric acid groups is 1. The summed E-state index contributed by atoms with van der Waals surface area (Å²) in [7, 11) is -4.75. The zero-order valence-corrected chi connectivity index (χ0v) is 31.1. The zero-order chi connectivity index (χ0) is 34.7. The van der Waals surface area contributed by atoms with Crippen molar-refractivity contribution in [2.75, 3.05) is 13.2 Å². The molecular formula is C38H71O8P. The SMILES string of the molecule is CCCCCC/C=C\CCCCCCCC(=O)OCC(COP(=O)(O)O)OC(=O)CCCCCCC/C=C\CCCCCCCCC. The van der Waals surface area contributed by atoms with Gasteiger partial charge in [0.1, 0.15) is 6.61 Å². The summed E-state index contributed by atoms with van der Waals surface area (Å²) in [5.41, 5.74) is 0. The van der Waals surface area contributed by atoms with Crippen LogP contribution in [0.3, 0.4) is 0 Å². The van der Waals surface area contributed by atoms with Crippen molar-refractivity contribution < 1.29 is 37.9 Å². The van der Waals surface area contributed by atoms with Crippen molar-refractivity contribution in [3.05, 3.63) is 24.3 Å². The first-order chi connectivity index (χ1) is 22.8. The van der Waals surface area contributed by atoms with Gasteiger partial charge in [0, 0.05) is 12.8 Å². The lowest BCUT2D eigenvalue weighted by Crippen LogP contribution is -2.29. The predicted octanol–water partition coefficient (Wildman–Crippen LogP) is 11.2. The van der Waals surface area contributed by atoms with Gasteiger partial charge >= 0.3 is 19.8 Å². The Morgan fingerprint density at radius 1 is 0.532 bits per heavy atom. The third-order valence-electron chi connectivity index (χ3n) is 8.19. The first-order valence-corrected chi connectivity index (χ1v) is 20.7. The van der Waals surface area contributed by atoms with Crippen LogP contribution in [0.15, 0.2) is 24.3 Å². The van der Waals surface area contributed by atoms with Crippen molar-refractivity contribution in [2.45, 2.75) is 193 Å². The van der Waals surface area contributed by atoms with Gasteiger partial charge in [-0.1, -0.05) is 134 Å². The minimum atomic E-state index is -4.75. The Bertz CT molecular complexity index is 823. The molecule has 0 aliphatic heterocycles. The highest BCUT2D eigenvalue weighted by atomic mass is 31.2. The maximum Gasteiger partial charge on any atom is 0.469 e. The van der Waals surface area contributed by atoms with E-state index in [9.17, 15) is 14.2 Å². The number of allylic oxidation sites excluding steroid dienone is 4. The van der Waals surface area contributed by atoms with E-state index in [0.717, 1.165) is 64.2 Å². The van der Waals surface area contributed by atoms with Crippen molar-refractivity contribution >= 4 is 19.8 Å². The summed E-state index contributed by atoms with van der Waals surface area (Å²) >= 11 is 0. The maximum absolute atomic E-state index is 12.4. The fourth-order valence-electron chi connectivity index (χ4n) is 5.30. The fraction of sp³-hybridized carbons (Fsp3) is 0.842. The fourth-order valence-corrected chi connectivity index (χ4v) is 5.66. The number of unbranched alkanes of at least 4 members (excludes halogenated alkanes) is 21. The molecule has 0 fully saturated rings. The minimum absolute atomic E-state index is 0.202. The van der Waals surface area contributed by atoms with Crippen LogP contribution in [0.5, 0.6) is 0 Å². The molecule has 2 N–H and O–H groups in total. The van der Waals surface area contributed by atoms with Crippen LogP contribution in [0.25, 0.3) is 0 Å². The summed E-state index contributed by atoms with van der Waals surface area (Å²) in [6.07, 6.45) is 37.5. The molecule has 1 atom stereocenters. The Labute approximate surface area is 288 Å². The highest BCUT2D eigenvalue weighted by Crippen LogP contribution is 2.36. The smallest absolute Gasteiger partial charge is 0.462 e. The van der Waals surface area contributed by atoms with Crippen molar-refractivity contribution in [1.82, 2.24) is 0 Å². The molecule has 0 heterocycles. The molecule has 8 nitrogen and oxygen atoms in total. The molecule has 276 valence electrons. The van der Waals surface area contributed by atoms with Crippen LogP contribution in [0, 0.1) is 0 Å². The molecule has 0 radical (unpaired) electrons. The van der Waals surface area contributed by atoms with Crippen LogP contribution in [0.2, 0.25) is 0 Å². The molecule has 0 spiro atoms. The average Bonchev–Trinajstić information content (AvgIpc) is 3.03. The Kier molecular flexibility index (Phi) is 33.3. The van der Waals surface area contributed by atoms with Crippen LogP contribution in [0.4, 0.5) is 0 Å². The summed E-state index contributed by atoms with van der Waals surface area (Å²) in [5, 5.41) is 0. The lowest BCUT2D eigenvalue weighted by Gasteiger charge is -2.18. The predicted molar refractivity (Wildman–Crippen MR) is 193 cm³/mol. The van der Waals surface area contributed by atoms with E-state index in [4.69, 9.17) is 19.3 Å². The van der Waals surface area contributed by atoms with Gasteiger partial charge in [0.25, 0.3) is 0 Å². The summed E-state index contributed by atoms with van der Waals surface area (Å²) in [4.78, 5) is 42.7. The standard InChI is InChI=1S/C38H71O8P/c1-3-5-7-9-11-13-15-17-18-19-21-23-25-27-29-31-33-38(40)46-36(35-45-47(41,42)43)34-44-37(39)32-30-28-26-24-22-20-16-14-12-10-8-6-4-2/h14,16,18-19,36H,3-13,15,17,20-35H2,1-2H3,(H2,41,42,43)/b16-14-,19-18-. The van der Waals surface area contributed by atoms with Gasteiger partial charge in [-0.2, -0.15) is 0 Å². The monoisotopic (exact) mass is 686 g/mol. The molecular weight excluding hydrogens is 615 g/mol. The van der Waals surface area contributed by atoms with Crippen molar-refractivity contribution in [3.63, 3.8) is 0 Å². The van der Waals surface area contributed by atoms with Gasteiger partial charge < -0.3 is 19.3 Å². The molecule has 0 aliphatic carbocycles. The van der Waals surface area contributed by atoms with E-state index in [2.05, 4.69) is 42.7 Å². The molecule has 0 aromatic carbocycles. The number of carbonyl (C=O) groups excluding carboxylic acids is 2. The van der Waals surface area contributed by atoms with Crippen molar-refractivity contribution in [1.29, 1.82) is 0 Å². The molecule has 0 rings (SSSR count). The third kappa shape index (κ3) is 37.2. The number of esters is 2. The third-order valence-corrected chi connectivity index (χ3v) is 8.68. The molecule has 0 aromatic rings. The zero-order valence-electron chi connectivity index (χ0n) is 30.2. The maximum atomic E-state index is 12.4. The molecule has 47 heavy (non-hydrogen) atoms. The molecule has 0 bridgehead atoms. The van der Waals surface area contributed by atoms with Gasteiger partial charge in [0.05, 0.1) is 6.61 Å². The molecule has 0 amide bonds. The Hall–Kier alpha value is -1.47. The quantitative estimate of drug-likeness (QED) is 0.0292. The van der Waals surface area contributed by atoms with Gasteiger partial charge in [0.15, 0.2) is 6.10 Å². The van der Waals surface area contributed by atoms with E-state index >= 15 is 0 Å². The average molecular weight is 687 g/mol. The molecule has 1 unspecified atom stereocenters. The summed E-state index contributed by atoms with van der Waals surface area (Å²) in [5.74, 6) is -0.902. The van der Waals surface area contributed by atoms with Crippen LogP contribution < -0.4 is 0 Å². The molecule has 0 aliphatic rings.